The molecule has 1 heterocycles. The van der Waals surface area contributed by atoms with Gasteiger partial charge in [-0.15, -0.1) is 48.0 Å². The third-order valence-corrected chi connectivity index (χ3v) is 5.03. The van der Waals surface area contributed by atoms with Crippen LogP contribution in [0.15, 0.2) is 18.2 Å². The zero-order chi connectivity index (χ0) is 31.0. The van der Waals surface area contributed by atoms with Crippen LogP contribution < -0.4 is 16.0 Å². The van der Waals surface area contributed by atoms with Crippen LogP contribution in [0, 0.1) is 5.92 Å². The minimum Gasteiger partial charge on any atom is -0.480 e. The van der Waals surface area contributed by atoms with Crippen LogP contribution in [0.4, 0.5) is 5.69 Å². The number of hydrogen-bond donors (Lipinski definition) is 3. The van der Waals surface area contributed by atoms with E-state index in [1.54, 1.807) is 11.6 Å². The smallest absolute Gasteiger partial charge is 0.326 e. The van der Waals surface area contributed by atoms with Gasteiger partial charge >= 0.3 is 5.97 Å². The number of amides is 1. The highest BCUT2D eigenvalue weighted by Gasteiger charge is 2.24. The molecule has 1 aromatic carbocycles. The van der Waals surface area contributed by atoms with Crippen molar-refractivity contribution in [3.8, 4) is 0 Å². The Morgan fingerprint density at radius 2 is 1.88 bits per heavy atom. The lowest BCUT2D eigenvalue weighted by Crippen LogP contribution is -2.49. The molecule has 0 radical (unpaired) electrons. The number of aryl methyl sites for hydroxylation is 2. The second-order valence-electron chi connectivity index (χ2n) is 7.68. The lowest BCUT2D eigenvalue weighted by atomic mass is 10.0. The fraction of sp³-hybridized carbons (Fsp3) is 0.591. The molecule has 12 heteroatoms. The van der Waals surface area contributed by atoms with Crippen LogP contribution in [0.2, 0.25) is 0 Å². The number of carboxylic acid groups (broad SMARTS) is 1. The quantitative estimate of drug-likeness (QED) is 0.319. The fourth-order valence-corrected chi connectivity index (χ4v) is 3.40. The summed E-state index contributed by atoms with van der Waals surface area (Å²) in [6.07, 6.45) is 0.543. The van der Waals surface area contributed by atoms with E-state index in [0.717, 1.165) is 0 Å². The number of alkyl halides is 2. The number of benzene rings is 1. The van der Waals surface area contributed by atoms with Crippen LogP contribution in [0.5, 0.6) is 0 Å². The summed E-state index contributed by atoms with van der Waals surface area (Å²) >= 11 is 11.3. The average Bonchev–Trinajstić information content (AvgIpc) is 3.09. The minimum atomic E-state index is -3.27. The number of anilines is 1. The molecular weight excluding hydrogens is 524 g/mol. The molecule has 34 heavy (non-hydrogen) atoms. The van der Waals surface area contributed by atoms with Gasteiger partial charge < -0.3 is 25.6 Å². The molecule has 4 N–H and O–H groups in total. The van der Waals surface area contributed by atoms with Gasteiger partial charge in [0.25, 0.3) is 0 Å². The third-order valence-electron chi connectivity index (χ3n) is 4.86. The number of imidazole rings is 1. The molecule has 0 bridgehead atoms. The highest BCUT2D eigenvalue weighted by atomic mass is 35.5. The summed E-state index contributed by atoms with van der Waals surface area (Å²) in [6, 6.07) is 1.86. The van der Waals surface area contributed by atoms with Crippen LogP contribution in [0.1, 0.15) is 43.5 Å². The molecule has 8 nitrogen and oxygen atoms in total. The van der Waals surface area contributed by atoms with Gasteiger partial charge in [0.1, 0.15) is 11.9 Å². The zero-order valence-corrected chi connectivity index (χ0v) is 22.0. The van der Waals surface area contributed by atoms with Crippen LogP contribution in [0.3, 0.4) is 0 Å². The maximum Gasteiger partial charge on any atom is 0.326 e. The van der Waals surface area contributed by atoms with Crippen molar-refractivity contribution >= 4 is 76.6 Å². The number of nitrogens with two attached hydrogens (primary N) is 1. The van der Waals surface area contributed by atoms with Crippen molar-refractivity contribution in [1.82, 2.24) is 14.9 Å². The van der Waals surface area contributed by atoms with Gasteiger partial charge in [-0.25, -0.2) is 9.78 Å². The van der Waals surface area contributed by atoms with Gasteiger partial charge in [-0.3, -0.25) is 4.79 Å². The van der Waals surface area contributed by atoms with Gasteiger partial charge in [0.15, 0.2) is 0 Å². The molecule has 2 aromatic rings. The molecular formula is C22H35Cl4N5O3. The van der Waals surface area contributed by atoms with Gasteiger partial charge in [0.2, 0.25) is 5.91 Å². The number of carbonyl (C=O) groups excluding carboxylic acids is 1. The SMILES string of the molecule is Cl.Cl.[2H]C([2H])(Cl)C([2H])([2H])N(c1ccc2c(c1)nc(CC[C@H](N)C(=O)N[C@@H](CC(C)C)C(=O)O)n2C)C([2H])([2H])C([2H])([2H])Cl. The molecule has 1 amide bonds. The number of carboxylic acids is 1. The van der Waals surface area contributed by atoms with E-state index < -0.39 is 48.6 Å². The van der Waals surface area contributed by atoms with Crippen molar-refractivity contribution < 1.29 is 25.7 Å². The Morgan fingerprint density at radius 1 is 1.26 bits per heavy atom. The average molecular weight is 567 g/mol. The van der Waals surface area contributed by atoms with Crippen molar-refractivity contribution in [3.05, 3.63) is 24.0 Å². The standard InChI is InChI=1S/C22H33Cl2N5O3.2ClH/c1-14(2)12-18(22(31)32)27-21(30)16(25)5-7-20-26-17-13-15(4-6-19(17)28(20)3)29(10-8-23)11-9-24;;/h4,6,13-14,16,18H,5,7-12,25H2,1-3H3,(H,27,30)(H,31,32);2*1H/t16-,18-;;/m0../s1/i8D2,9D2,10D2,11D2;;. The van der Waals surface area contributed by atoms with Gasteiger partial charge in [-0.2, -0.15) is 0 Å². The molecule has 2 atom stereocenters. The summed E-state index contributed by atoms with van der Waals surface area (Å²) in [5, 5.41) is 11.8. The number of nitrogens with zero attached hydrogens (tertiary/aromatic N) is 3. The Kier molecular flexibility index (Phi) is 9.46. The highest BCUT2D eigenvalue weighted by Crippen LogP contribution is 2.23. The summed E-state index contributed by atoms with van der Waals surface area (Å²) in [7, 11) is 1.67. The Morgan fingerprint density at radius 3 is 2.41 bits per heavy atom. The zero-order valence-electron chi connectivity index (χ0n) is 26.8. The first-order valence-corrected chi connectivity index (χ1v) is 10.7. The van der Waals surface area contributed by atoms with Crippen molar-refractivity contribution in [2.45, 2.75) is 45.2 Å². The maximum absolute atomic E-state index is 12.5. The highest BCUT2D eigenvalue weighted by molar-refractivity contribution is 6.18. The van der Waals surface area contributed by atoms with E-state index in [1.807, 2.05) is 13.8 Å². The van der Waals surface area contributed by atoms with Crippen LogP contribution in [-0.2, 0) is 23.1 Å². The topological polar surface area (TPSA) is 113 Å². The Balaban J connectivity index is 0.00000840. The number of rotatable bonds is 13. The Bertz CT molecular complexity index is 1220. The fourth-order valence-electron chi connectivity index (χ4n) is 3.23. The first-order chi connectivity index (χ1) is 18.0. The number of halogens is 4. The number of fused-ring (bicyclic) bond motifs is 1. The first-order valence-electron chi connectivity index (χ1n) is 13.9. The van der Waals surface area contributed by atoms with E-state index in [1.165, 1.54) is 18.2 Å². The molecule has 0 fully saturated rings. The molecule has 194 valence electrons. The summed E-state index contributed by atoms with van der Waals surface area (Å²) in [5.74, 6) is -7.61. The van der Waals surface area contributed by atoms with Gasteiger partial charge in [-0.05, 0) is 37.0 Å². The van der Waals surface area contributed by atoms with Gasteiger partial charge in [0, 0.05) is 49.3 Å². The molecule has 0 aliphatic carbocycles. The van der Waals surface area contributed by atoms with E-state index >= 15 is 0 Å². The minimum absolute atomic E-state index is 0. The molecule has 1 aromatic heterocycles. The summed E-state index contributed by atoms with van der Waals surface area (Å²) in [5.41, 5.74) is 6.48. The van der Waals surface area contributed by atoms with Crippen molar-refractivity contribution in [2.75, 3.05) is 29.6 Å². The third kappa shape index (κ3) is 8.96. The molecule has 0 aliphatic heterocycles. The van der Waals surface area contributed by atoms with Crippen molar-refractivity contribution in [2.24, 2.45) is 18.7 Å². The van der Waals surface area contributed by atoms with Crippen LogP contribution in [0.25, 0.3) is 11.0 Å². The molecule has 0 saturated carbocycles. The Labute approximate surface area is 234 Å². The molecule has 0 unspecified atom stereocenters. The molecule has 2 rings (SSSR count). The van der Waals surface area contributed by atoms with Crippen molar-refractivity contribution in [3.63, 3.8) is 0 Å². The monoisotopic (exact) mass is 565 g/mol. The lowest BCUT2D eigenvalue weighted by Gasteiger charge is -2.22. The van der Waals surface area contributed by atoms with E-state index in [-0.39, 0.29) is 66.1 Å². The first kappa shape index (κ1) is 20.7. The second-order valence-corrected chi connectivity index (χ2v) is 8.06. The van der Waals surface area contributed by atoms with E-state index in [9.17, 15) is 14.7 Å². The summed E-state index contributed by atoms with van der Waals surface area (Å²) in [4.78, 5) is 28.6. The van der Waals surface area contributed by atoms with Gasteiger partial charge in [0.05, 0.1) is 22.6 Å². The van der Waals surface area contributed by atoms with E-state index in [2.05, 4.69) is 10.3 Å². The number of nitrogens with one attached hydrogen (secondary N) is 1. The Hall–Kier alpha value is -1.45. The molecule has 0 spiro atoms. The predicted octanol–water partition coefficient (Wildman–Crippen LogP) is 3.58. The number of aliphatic carboxylic acids is 1. The van der Waals surface area contributed by atoms with Crippen LogP contribution >= 0.6 is 48.0 Å². The number of hydrogen-bond acceptors (Lipinski definition) is 5. The van der Waals surface area contributed by atoms with Gasteiger partial charge in [-0.1, -0.05) is 13.8 Å². The predicted molar refractivity (Wildman–Crippen MR) is 144 cm³/mol. The molecule has 0 saturated heterocycles. The largest absolute Gasteiger partial charge is 0.480 e. The van der Waals surface area contributed by atoms with E-state index in [4.69, 9.17) is 39.9 Å². The van der Waals surface area contributed by atoms with Crippen LogP contribution in [-0.4, -0.2) is 63.3 Å². The maximum atomic E-state index is 12.5. The number of aromatic nitrogens is 2. The lowest BCUT2D eigenvalue weighted by molar-refractivity contribution is -0.142. The van der Waals surface area contributed by atoms with Crippen molar-refractivity contribution in [1.29, 1.82) is 0 Å². The summed E-state index contributed by atoms with van der Waals surface area (Å²) in [6.45, 7) is -2.87. The summed E-state index contributed by atoms with van der Waals surface area (Å²) < 4.78 is 65.5. The second kappa shape index (κ2) is 15.5. The molecule has 0 aliphatic rings. The normalized spacial score (nSPS) is 17.7. The van der Waals surface area contributed by atoms with E-state index in [0.29, 0.717) is 11.3 Å². The number of carbonyl (C=O) groups is 2.